The van der Waals surface area contributed by atoms with Crippen molar-refractivity contribution in [2.75, 3.05) is 0 Å². The normalized spacial score (nSPS) is 32.7. The van der Waals surface area contributed by atoms with Gasteiger partial charge in [-0.1, -0.05) is 60.7 Å². The molecule has 3 aromatic carbocycles. The largest absolute Gasteiger partial charge is 0.0622 e. The second-order valence-corrected chi connectivity index (χ2v) is 38.8. The van der Waals surface area contributed by atoms with Crippen molar-refractivity contribution in [3.63, 3.8) is 0 Å². The maximum Gasteiger partial charge on any atom is -0.0184 e. The summed E-state index contributed by atoms with van der Waals surface area (Å²) in [7, 11) is 0. The molecule has 8 rings (SSSR count). The van der Waals surface area contributed by atoms with Crippen molar-refractivity contribution in [3.05, 3.63) is 112 Å². The summed E-state index contributed by atoms with van der Waals surface area (Å²) in [6, 6.07) is 32.5. The van der Waals surface area contributed by atoms with Crippen LogP contribution in [0.25, 0.3) is 11.1 Å². The molecule has 1 N–H and O–H groups in total. The second-order valence-electron chi connectivity index (χ2n) is 15.8. The fourth-order valence-corrected chi connectivity index (χ4v) is 39.1. The summed E-state index contributed by atoms with van der Waals surface area (Å²) >= 11 is -3.35. The second kappa shape index (κ2) is 11.9. The average Bonchev–Trinajstić information content (AvgIpc) is 3.15. The molecule has 4 saturated carbocycles. The molecule has 0 aromatic heterocycles. The average molecular weight is 668 g/mol. The summed E-state index contributed by atoms with van der Waals surface area (Å²) in [5.74, 6) is 1.62. The SMILES string of the molecule is CC1=C(C)C(C)[C]([Ti]([CH3])([NH]C23CC4CC(C)(CC(C)(C4)C2)C3)[GeH2][c]2ccccc2)=C1C.c1ccc(-c2ccccc2)cc1. The van der Waals surface area contributed by atoms with E-state index in [9.17, 15) is 0 Å². The molecule has 0 heterocycles. The summed E-state index contributed by atoms with van der Waals surface area (Å²) in [5, 5.41) is 2.80. The molecule has 3 heteroatoms. The Morgan fingerprint density at radius 1 is 0.674 bits per heavy atom. The molecule has 4 bridgehead atoms. The molecule has 43 heavy (non-hydrogen) atoms. The van der Waals surface area contributed by atoms with E-state index in [0.717, 1.165) is 5.92 Å². The number of allylic oxidation sites excluding steroid dienone is 4. The Morgan fingerprint density at radius 3 is 1.60 bits per heavy atom. The Hall–Kier alpha value is -1.64. The van der Waals surface area contributed by atoms with Crippen molar-refractivity contribution >= 4 is 17.0 Å². The van der Waals surface area contributed by atoms with Crippen LogP contribution >= 0.6 is 0 Å². The molecular weight excluding hydrogens is 615 g/mol. The maximum absolute atomic E-state index is 4.77. The Morgan fingerprint density at radius 2 is 1.16 bits per heavy atom. The van der Waals surface area contributed by atoms with Crippen LogP contribution in [0.4, 0.5) is 0 Å². The molecule has 0 radical (unpaired) electrons. The van der Waals surface area contributed by atoms with Gasteiger partial charge in [-0.15, -0.1) is 0 Å². The predicted molar refractivity (Wildman–Crippen MR) is 186 cm³/mol. The topological polar surface area (TPSA) is 12.0 Å². The molecule has 0 spiro atoms. The van der Waals surface area contributed by atoms with E-state index in [4.69, 9.17) is 3.80 Å². The van der Waals surface area contributed by atoms with Crippen molar-refractivity contribution in [2.45, 2.75) is 90.8 Å². The van der Waals surface area contributed by atoms with Crippen molar-refractivity contribution in [1.29, 1.82) is 0 Å². The Balaban J connectivity index is 0.000000229. The first kappa shape index (κ1) is 31.3. The minimum Gasteiger partial charge on any atom is -0.0622 e. The van der Waals surface area contributed by atoms with Gasteiger partial charge in [0.1, 0.15) is 0 Å². The van der Waals surface area contributed by atoms with E-state index in [2.05, 4.69) is 126 Å². The van der Waals surface area contributed by atoms with Gasteiger partial charge in [0.25, 0.3) is 0 Å². The van der Waals surface area contributed by atoms with Crippen molar-refractivity contribution in [1.82, 2.24) is 3.80 Å². The molecule has 0 saturated heterocycles. The number of hydrogen-bond acceptors (Lipinski definition) is 1. The van der Waals surface area contributed by atoms with Gasteiger partial charge in [0.2, 0.25) is 0 Å². The zero-order chi connectivity index (χ0) is 30.5. The van der Waals surface area contributed by atoms with Gasteiger partial charge in [0, 0.05) is 0 Å². The van der Waals surface area contributed by atoms with Crippen molar-refractivity contribution in [3.8, 4) is 11.1 Å². The van der Waals surface area contributed by atoms with Crippen LogP contribution in [0.3, 0.4) is 0 Å². The quantitative estimate of drug-likeness (QED) is 0.258. The van der Waals surface area contributed by atoms with E-state index < -0.39 is 27.2 Å². The molecule has 5 aliphatic carbocycles. The molecule has 0 amide bonds. The third-order valence-electron chi connectivity index (χ3n) is 11.7. The van der Waals surface area contributed by atoms with Gasteiger partial charge in [-0.2, -0.15) is 0 Å². The molecule has 226 valence electrons. The number of hydrogen-bond donors (Lipinski definition) is 1. The van der Waals surface area contributed by atoms with E-state index in [1.807, 2.05) is 16.0 Å². The summed E-state index contributed by atoms with van der Waals surface area (Å²) in [5.41, 5.74) is 9.05. The number of nitrogens with one attached hydrogen (secondary N) is 1. The molecule has 4 atom stereocenters. The van der Waals surface area contributed by atoms with Gasteiger partial charge in [0.15, 0.2) is 0 Å². The molecular formula is C40H53GeNTi. The Kier molecular flexibility index (Phi) is 8.70. The first-order chi connectivity index (χ1) is 20.4. The van der Waals surface area contributed by atoms with Gasteiger partial charge >= 0.3 is 200 Å². The van der Waals surface area contributed by atoms with Crippen LogP contribution in [-0.4, -0.2) is 18.1 Å². The Bertz CT molecular complexity index is 1450. The number of benzene rings is 3. The minimum absolute atomic E-state index is 0.426. The standard InChI is InChI=1S/C12H20N.C12H10.C9H13.C6H7Ge.CH3.Ti/c1-10-3-9-4-11(2,6-10)8-12(13,5-9)7-10;1-3-7-11(8-4-1)12-9-5-2-6-10-12;1-6-5-7(2)9(4)8(6)3;7-6-4-2-1-3-5-6;;/h9,13H,3-8H2,1-2H3;1-10H;6H,1-4H3;1-5H,7H2;1H3;/q-1;;;;;+1. The van der Waals surface area contributed by atoms with Gasteiger partial charge < -0.3 is 0 Å². The summed E-state index contributed by atoms with van der Waals surface area (Å²) in [4.78, 5) is 0. The van der Waals surface area contributed by atoms with E-state index in [-0.39, 0.29) is 0 Å². The first-order valence-electron chi connectivity index (χ1n) is 16.8. The van der Waals surface area contributed by atoms with Crippen LogP contribution in [0, 0.1) is 22.7 Å². The summed E-state index contributed by atoms with van der Waals surface area (Å²) in [6.07, 6.45) is 8.80. The monoisotopic (exact) mass is 669 g/mol. The molecule has 5 aliphatic rings. The van der Waals surface area contributed by atoms with Gasteiger partial charge in [0.05, 0.1) is 0 Å². The van der Waals surface area contributed by atoms with Crippen LogP contribution in [-0.2, 0) is 14.6 Å². The fourth-order valence-electron chi connectivity index (χ4n) is 10.9. The molecule has 0 aliphatic heterocycles. The number of rotatable bonds is 6. The first-order valence-corrected chi connectivity index (χ1v) is 28.6. The minimum atomic E-state index is -2.41. The van der Waals surface area contributed by atoms with Crippen LogP contribution in [0.1, 0.15) is 80.1 Å². The molecule has 3 aromatic rings. The zero-order valence-electron chi connectivity index (χ0n) is 27.8. The maximum atomic E-state index is 4.77. The molecule has 1 nitrogen and oxygen atoms in total. The van der Waals surface area contributed by atoms with E-state index in [1.165, 1.54) is 49.7 Å². The van der Waals surface area contributed by atoms with Crippen LogP contribution in [0.2, 0.25) is 5.23 Å². The van der Waals surface area contributed by atoms with Crippen LogP contribution in [0.15, 0.2) is 112 Å². The predicted octanol–water partition coefficient (Wildman–Crippen LogP) is 9.47. The smallest absolute Gasteiger partial charge is 0.0184 e. The third-order valence-corrected chi connectivity index (χ3v) is 33.7. The van der Waals surface area contributed by atoms with Crippen molar-refractivity contribution < 1.29 is 14.6 Å². The van der Waals surface area contributed by atoms with Crippen molar-refractivity contribution in [2.24, 2.45) is 22.7 Å². The van der Waals surface area contributed by atoms with Gasteiger partial charge in [-0.25, -0.2) is 0 Å². The zero-order valence-corrected chi connectivity index (χ0v) is 32.3. The summed E-state index contributed by atoms with van der Waals surface area (Å²) < 4.78 is 8.41. The third kappa shape index (κ3) is 6.40. The van der Waals surface area contributed by atoms with Crippen LogP contribution < -0.4 is 8.19 Å². The molecule has 4 unspecified atom stereocenters. The fraction of sp³-hybridized carbons (Fsp3) is 0.450. The van der Waals surface area contributed by atoms with Crippen LogP contribution in [0.5, 0.6) is 0 Å². The van der Waals surface area contributed by atoms with Gasteiger partial charge in [-0.05, 0) is 11.1 Å². The summed E-state index contributed by atoms with van der Waals surface area (Å²) in [6.45, 7) is 15.0. The molecule has 4 fully saturated rings. The van der Waals surface area contributed by atoms with E-state index in [0.29, 0.717) is 22.3 Å². The van der Waals surface area contributed by atoms with E-state index >= 15 is 0 Å². The van der Waals surface area contributed by atoms with Gasteiger partial charge in [-0.3, -0.25) is 0 Å². The Labute approximate surface area is 270 Å². The van der Waals surface area contributed by atoms with E-state index in [1.54, 1.807) is 21.1 Å².